The molecule has 34 heavy (non-hydrogen) atoms. The van der Waals surface area contributed by atoms with Gasteiger partial charge in [0, 0.05) is 28.1 Å². The Hall–Kier alpha value is -3.99. The summed E-state index contributed by atoms with van der Waals surface area (Å²) in [4.78, 5) is 5.99. The fourth-order valence-electron chi connectivity index (χ4n) is 3.37. The molecule has 0 saturated heterocycles. The number of pyridine rings is 1. The largest absolute Gasteiger partial charge is 0.415 e. The minimum Gasteiger partial charge on any atom is -0.415 e. The van der Waals surface area contributed by atoms with Crippen LogP contribution in [0.3, 0.4) is 0 Å². The molecule has 0 fully saturated rings. The number of rotatable bonds is 7. The van der Waals surface area contributed by atoms with E-state index in [-0.39, 0.29) is 12.4 Å². The highest BCUT2D eigenvalue weighted by Crippen LogP contribution is 2.28. The van der Waals surface area contributed by atoms with Crippen molar-refractivity contribution in [1.29, 1.82) is 0 Å². The molecule has 0 spiro atoms. The van der Waals surface area contributed by atoms with Crippen LogP contribution in [0.15, 0.2) is 52.9 Å². The quantitative estimate of drug-likeness (QED) is 0.345. The summed E-state index contributed by atoms with van der Waals surface area (Å²) in [6.07, 6.45) is -2.84. The van der Waals surface area contributed by atoms with E-state index in [2.05, 4.69) is 35.9 Å². The molecule has 0 aliphatic heterocycles. The molecular weight excluding hydrogens is 466 g/mol. The van der Waals surface area contributed by atoms with Crippen molar-refractivity contribution in [2.24, 2.45) is 0 Å². The van der Waals surface area contributed by atoms with Crippen molar-refractivity contribution in [2.75, 3.05) is 11.9 Å². The van der Waals surface area contributed by atoms with Gasteiger partial charge in [0.05, 0.1) is 12.1 Å². The van der Waals surface area contributed by atoms with E-state index in [1.165, 1.54) is 4.80 Å². The molecule has 12 heteroatoms. The maximum absolute atomic E-state index is 12.7. The molecule has 2 aromatic carbocycles. The third kappa shape index (κ3) is 4.42. The van der Waals surface area contributed by atoms with Crippen LogP contribution in [0.25, 0.3) is 33.7 Å². The summed E-state index contributed by atoms with van der Waals surface area (Å²) in [7, 11) is 0. The Morgan fingerprint density at radius 2 is 1.88 bits per heavy atom. The van der Waals surface area contributed by atoms with Crippen molar-refractivity contribution < 1.29 is 13.2 Å². The molecule has 1 N–H and O–H groups in total. The van der Waals surface area contributed by atoms with Gasteiger partial charge in [0.15, 0.2) is 0 Å². The normalized spacial score (nSPS) is 11.4. The van der Waals surface area contributed by atoms with Crippen molar-refractivity contribution in [3.05, 3.63) is 65.0 Å². The molecule has 5 aromatic rings. The molecule has 9 nitrogen and oxygen atoms in total. The molecule has 3 aromatic heterocycles. The third-order valence-electron chi connectivity index (χ3n) is 5.00. The Bertz CT molecular complexity index is 1470. The van der Waals surface area contributed by atoms with Crippen molar-refractivity contribution in [2.45, 2.75) is 19.9 Å². The first-order chi connectivity index (χ1) is 16.5. The monoisotopic (exact) mass is 482 g/mol. The predicted octanol–water partition coefficient (Wildman–Crippen LogP) is 5.01. The van der Waals surface area contributed by atoms with E-state index in [1.54, 1.807) is 18.2 Å². The number of tetrazole rings is 1. The zero-order valence-electron chi connectivity index (χ0n) is 17.8. The summed E-state index contributed by atoms with van der Waals surface area (Å²) in [5.74, 6) is 0.518. The van der Waals surface area contributed by atoms with Crippen LogP contribution in [-0.2, 0) is 6.54 Å². The maximum Gasteiger partial charge on any atom is 0.314 e. The lowest BCUT2D eigenvalue weighted by Gasteiger charge is -2.05. The van der Waals surface area contributed by atoms with Gasteiger partial charge >= 0.3 is 6.43 Å². The summed E-state index contributed by atoms with van der Waals surface area (Å²) < 4.78 is 30.3. The van der Waals surface area contributed by atoms with E-state index >= 15 is 0 Å². The van der Waals surface area contributed by atoms with Crippen LogP contribution < -0.4 is 5.32 Å². The second-order valence-corrected chi connectivity index (χ2v) is 7.74. The van der Waals surface area contributed by atoms with Gasteiger partial charge in [-0.1, -0.05) is 17.7 Å². The number of anilines is 1. The van der Waals surface area contributed by atoms with Gasteiger partial charge in [-0.2, -0.15) is 13.6 Å². The number of benzene rings is 2. The average molecular weight is 483 g/mol. The van der Waals surface area contributed by atoms with Crippen molar-refractivity contribution in [1.82, 2.24) is 35.4 Å². The fraction of sp³-hybridized carbons (Fsp3) is 0.182. The van der Waals surface area contributed by atoms with E-state index < -0.39 is 12.3 Å². The summed E-state index contributed by atoms with van der Waals surface area (Å²) in [6.45, 7) is 3.08. The van der Waals surface area contributed by atoms with Gasteiger partial charge in [-0.25, -0.2) is 4.98 Å². The number of alkyl halides is 2. The van der Waals surface area contributed by atoms with Gasteiger partial charge in [0.2, 0.25) is 11.7 Å². The van der Waals surface area contributed by atoms with Gasteiger partial charge in [0.25, 0.3) is 5.89 Å². The van der Waals surface area contributed by atoms with Gasteiger partial charge < -0.3 is 9.73 Å². The Morgan fingerprint density at radius 3 is 2.65 bits per heavy atom. The van der Waals surface area contributed by atoms with E-state index in [0.717, 1.165) is 28.8 Å². The maximum atomic E-state index is 12.7. The van der Waals surface area contributed by atoms with E-state index in [0.29, 0.717) is 22.0 Å². The Balaban J connectivity index is 1.34. The molecule has 0 atom stereocenters. The molecule has 0 radical (unpaired) electrons. The van der Waals surface area contributed by atoms with Gasteiger partial charge in [-0.05, 0) is 60.2 Å². The van der Waals surface area contributed by atoms with E-state index in [4.69, 9.17) is 16.0 Å². The predicted molar refractivity (Wildman–Crippen MR) is 122 cm³/mol. The first-order valence-corrected chi connectivity index (χ1v) is 10.7. The van der Waals surface area contributed by atoms with Crippen molar-refractivity contribution in [3.63, 3.8) is 0 Å². The first kappa shape index (κ1) is 21.8. The van der Waals surface area contributed by atoms with E-state index in [1.807, 2.05) is 37.3 Å². The number of hydrogen-bond donors (Lipinski definition) is 1. The highest BCUT2D eigenvalue weighted by Gasteiger charge is 2.18. The highest BCUT2D eigenvalue weighted by molar-refractivity contribution is 6.31. The third-order valence-corrected chi connectivity index (χ3v) is 5.35. The lowest BCUT2D eigenvalue weighted by Crippen LogP contribution is -2.04. The molecule has 172 valence electrons. The summed E-state index contributed by atoms with van der Waals surface area (Å²) >= 11 is 6.38. The number of nitrogens with zero attached hydrogens (tertiary/aromatic N) is 7. The minimum absolute atomic E-state index is 0.0340. The SMILES string of the molecule is CCNc1ccc2cc(-c3nnn(Cc4ccc(-c5nnc(C(F)F)o5)cc4Cl)n3)ccc2n1. The zero-order valence-corrected chi connectivity index (χ0v) is 18.5. The summed E-state index contributed by atoms with van der Waals surface area (Å²) in [5, 5.41) is 24.2. The van der Waals surface area contributed by atoms with Crippen molar-refractivity contribution in [3.8, 4) is 22.8 Å². The number of nitrogens with one attached hydrogen (secondary N) is 1. The lowest BCUT2D eigenvalue weighted by atomic mass is 10.1. The van der Waals surface area contributed by atoms with Gasteiger partial charge in [-0.3, -0.25) is 0 Å². The molecule has 0 aliphatic carbocycles. The van der Waals surface area contributed by atoms with Crippen LogP contribution in [0.4, 0.5) is 14.6 Å². The number of fused-ring (bicyclic) bond motifs is 1. The van der Waals surface area contributed by atoms with Gasteiger partial charge in [0.1, 0.15) is 5.82 Å². The Morgan fingerprint density at radius 1 is 1.03 bits per heavy atom. The zero-order chi connectivity index (χ0) is 23.7. The molecule has 0 aliphatic rings. The van der Waals surface area contributed by atoms with Crippen molar-refractivity contribution >= 4 is 28.3 Å². The second-order valence-electron chi connectivity index (χ2n) is 7.33. The Labute approximate surface area is 196 Å². The highest BCUT2D eigenvalue weighted by atomic mass is 35.5. The summed E-state index contributed by atoms with van der Waals surface area (Å²) in [5.41, 5.74) is 2.82. The fourth-order valence-corrected chi connectivity index (χ4v) is 3.61. The molecule has 0 saturated carbocycles. The molecule has 0 amide bonds. The van der Waals surface area contributed by atoms with Gasteiger partial charge in [-0.15, -0.1) is 20.4 Å². The minimum atomic E-state index is -2.84. The van der Waals surface area contributed by atoms with Crippen LogP contribution in [0.2, 0.25) is 5.02 Å². The Kier molecular flexibility index (Phi) is 5.84. The molecule has 0 bridgehead atoms. The molecule has 5 rings (SSSR count). The van der Waals surface area contributed by atoms with Crippen LogP contribution >= 0.6 is 11.6 Å². The molecular formula is C22H17ClF2N8O. The number of aromatic nitrogens is 7. The second kappa shape index (κ2) is 9.10. The summed E-state index contributed by atoms with van der Waals surface area (Å²) in [6, 6.07) is 14.6. The average Bonchev–Trinajstić information content (AvgIpc) is 3.51. The topological polar surface area (TPSA) is 107 Å². The lowest BCUT2D eigenvalue weighted by molar-refractivity contribution is 0.116. The first-order valence-electron chi connectivity index (χ1n) is 10.3. The molecule has 0 unspecified atom stereocenters. The number of halogens is 3. The van der Waals surface area contributed by atoms with Crippen LogP contribution in [0.5, 0.6) is 0 Å². The number of hydrogen-bond acceptors (Lipinski definition) is 8. The molecule has 3 heterocycles. The van der Waals surface area contributed by atoms with Crippen LogP contribution in [0.1, 0.15) is 24.8 Å². The van der Waals surface area contributed by atoms with Crippen LogP contribution in [0, 0.1) is 0 Å². The van der Waals surface area contributed by atoms with E-state index in [9.17, 15) is 8.78 Å². The van der Waals surface area contributed by atoms with Crippen LogP contribution in [-0.4, -0.2) is 41.9 Å². The smallest absolute Gasteiger partial charge is 0.314 e. The standard InChI is InChI=1S/C22H17ClF2N8O/c1-2-26-18-8-6-12-9-13(5-7-17(12)27-18)20-28-32-33(31-20)11-15-4-3-14(10-16(15)23)21-29-30-22(34-21)19(24)25/h3-10,19H,2,11H2,1H3,(H,26,27).